The van der Waals surface area contributed by atoms with Crippen molar-refractivity contribution in [1.29, 1.82) is 0 Å². The molecular formula is C16H27NO3. The number of hydrogen-bond acceptors (Lipinski definition) is 4. The van der Waals surface area contributed by atoms with Gasteiger partial charge in [0.25, 0.3) is 0 Å². The van der Waals surface area contributed by atoms with Gasteiger partial charge < -0.3 is 4.74 Å². The molecule has 4 nitrogen and oxygen atoms in total. The summed E-state index contributed by atoms with van der Waals surface area (Å²) in [7, 11) is 2.10. The zero-order valence-electron chi connectivity index (χ0n) is 13.6. The van der Waals surface area contributed by atoms with Crippen molar-refractivity contribution in [1.82, 2.24) is 4.90 Å². The molecule has 1 aliphatic rings. The van der Waals surface area contributed by atoms with Gasteiger partial charge in [0.2, 0.25) is 0 Å². The van der Waals surface area contributed by atoms with Gasteiger partial charge in [0.15, 0.2) is 0 Å². The lowest BCUT2D eigenvalue weighted by Gasteiger charge is -2.53. The fourth-order valence-corrected chi connectivity index (χ4v) is 2.97. The standard InChI is InChI=1S/C16H27NO3/c1-11(8-12(2)18)14(19)20-13-9-15(3,4)17(7)16(5,6)10-13/h13H,1,8-10H2,2-7H3. The quantitative estimate of drug-likeness (QED) is 0.587. The third kappa shape index (κ3) is 3.92. The van der Waals surface area contributed by atoms with Crippen molar-refractivity contribution in [2.45, 2.75) is 71.1 Å². The number of hydrogen-bond donors (Lipinski definition) is 0. The number of ether oxygens (including phenoxy) is 1. The fourth-order valence-electron chi connectivity index (χ4n) is 2.97. The van der Waals surface area contributed by atoms with Crippen LogP contribution < -0.4 is 0 Å². The van der Waals surface area contributed by atoms with Crippen LogP contribution in [0.1, 0.15) is 53.9 Å². The summed E-state index contributed by atoms with van der Waals surface area (Å²) in [5.74, 6) is -0.516. The molecule has 0 atom stereocenters. The summed E-state index contributed by atoms with van der Waals surface area (Å²) in [5, 5.41) is 0. The smallest absolute Gasteiger partial charge is 0.334 e. The molecule has 1 saturated heterocycles. The molecule has 0 saturated carbocycles. The van der Waals surface area contributed by atoms with Crippen molar-refractivity contribution in [3.63, 3.8) is 0 Å². The van der Waals surface area contributed by atoms with Crippen molar-refractivity contribution in [3.05, 3.63) is 12.2 Å². The maximum atomic E-state index is 12.0. The van der Waals surface area contributed by atoms with E-state index in [2.05, 4.69) is 46.2 Å². The number of likely N-dealkylation sites (tertiary alicyclic amines) is 1. The first-order valence-corrected chi connectivity index (χ1v) is 7.08. The maximum absolute atomic E-state index is 12.0. The molecule has 0 radical (unpaired) electrons. The summed E-state index contributed by atoms with van der Waals surface area (Å²) in [4.78, 5) is 25.3. The normalized spacial score (nSPS) is 22.3. The predicted molar refractivity (Wildman–Crippen MR) is 79.5 cm³/mol. The lowest BCUT2D eigenvalue weighted by Crippen LogP contribution is -2.60. The number of nitrogens with zero attached hydrogens (tertiary/aromatic N) is 1. The van der Waals surface area contributed by atoms with Crippen LogP contribution in [0.3, 0.4) is 0 Å². The Morgan fingerprint density at radius 2 is 1.65 bits per heavy atom. The van der Waals surface area contributed by atoms with E-state index in [0.29, 0.717) is 0 Å². The zero-order valence-corrected chi connectivity index (χ0v) is 13.6. The Morgan fingerprint density at radius 3 is 2.05 bits per heavy atom. The molecule has 1 rings (SSSR count). The lowest BCUT2D eigenvalue weighted by atomic mass is 9.78. The van der Waals surface area contributed by atoms with E-state index in [4.69, 9.17) is 4.74 Å². The molecule has 0 N–H and O–H groups in total. The topological polar surface area (TPSA) is 46.6 Å². The number of rotatable bonds is 4. The van der Waals surface area contributed by atoms with E-state index in [1.165, 1.54) is 6.92 Å². The minimum atomic E-state index is -0.443. The minimum absolute atomic E-state index is 0.0331. The number of Topliss-reactive ketones (excluding diaryl/α,β-unsaturated/α-hetero) is 1. The average Bonchev–Trinajstić information content (AvgIpc) is 2.23. The lowest BCUT2D eigenvalue weighted by molar-refractivity contribution is -0.154. The van der Waals surface area contributed by atoms with Crippen LogP contribution >= 0.6 is 0 Å². The number of carbonyl (C=O) groups is 2. The van der Waals surface area contributed by atoms with Gasteiger partial charge in [-0.2, -0.15) is 0 Å². The summed E-state index contributed by atoms with van der Waals surface area (Å²) in [6.07, 6.45) is 1.50. The highest BCUT2D eigenvalue weighted by atomic mass is 16.5. The van der Waals surface area contributed by atoms with Gasteiger partial charge in [-0.25, -0.2) is 4.79 Å². The molecule has 1 fully saturated rings. The van der Waals surface area contributed by atoms with Crippen molar-refractivity contribution in [2.24, 2.45) is 0 Å². The van der Waals surface area contributed by atoms with Crippen LogP contribution in [0.5, 0.6) is 0 Å². The second kappa shape index (κ2) is 5.68. The van der Waals surface area contributed by atoms with Crippen molar-refractivity contribution in [3.8, 4) is 0 Å². The first-order chi connectivity index (χ1) is 8.95. The van der Waals surface area contributed by atoms with Crippen LogP contribution in [-0.4, -0.2) is 40.9 Å². The van der Waals surface area contributed by atoms with Gasteiger partial charge >= 0.3 is 5.97 Å². The third-order valence-corrected chi connectivity index (χ3v) is 4.30. The Hall–Kier alpha value is -1.16. The molecule has 0 aromatic heterocycles. The number of carbonyl (C=O) groups excluding carboxylic acids is 2. The summed E-state index contributed by atoms with van der Waals surface area (Å²) < 4.78 is 5.56. The minimum Gasteiger partial charge on any atom is -0.459 e. The Morgan fingerprint density at radius 1 is 1.20 bits per heavy atom. The highest BCUT2D eigenvalue weighted by Gasteiger charge is 2.44. The molecule has 20 heavy (non-hydrogen) atoms. The van der Waals surface area contributed by atoms with E-state index >= 15 is 0 Å². The van der Waals surface area contributed by atoms with E-state index in [9.17, 15) is 9.59 Å². The Bertz CT molecular complexity index is 405. The van der Waals surface area contributed by atoms with E-state index in [1.807, 2.05) is 0 Å². The largest absolute Gasteiger partial charge is 0.459 e. The summed E-state index contributed by atoms with van der Waals surface area (Å²) in [6, 6.07) is 0. The first-order valence-electron chi connectivity index (χ1n) is 7.08. The molecule has 0 aromatic carbocycles. The van der Waals surface area contributed by atoms with Crippen LogP contribution in [0.15, 0.2) is 12.2 Å². The Kier molecular flexibility index (Phi) is 4.80. The van der Waals surface area contributed by atoms with E-state index in [-0.39, 0.29) is 35.0 Å². The van der Waals surface area contributed by atoms with Gasteiger partial charge in [-0.3, -0.25) is 9.69 Å². The van der Waals surface area contributed by atoms with Gasteiger partial charge in [0.05, 0.1) is 0 Å². The second-order valence-electron chi connectivity index (χ2n) is 7.10. The molecule has 0 bridgehead atoms. The maximum Gasteiger partial charge on any atom is 0.334 e. The SMILES string of the molecule is C=C(CC(C)=O)C(=O)OC1CC(C)(C)N(C)C(C)(C)C1. The highest BCUT2D eigenvalue weighted by Crippen LogP contribution is 2.38. The van der Waals surface area contributed by atoms with Crippen LogP contribution in [-0.2, 0) is 14.3 Å². The summed E-state index contributed by atoms with van der Waals surface area (Å²) in [6.45, 7) is 13.7. The van der Waals surface area contributed by atoms with E-state index < -0.39 is 5.97 Å². The molecule has 1 aliphatic heterocycles. The third-order valence-electron chi connectivity index (χ3n) is 4.30. The number of esters is 1. The summed E-state index contributed by atoms with van der Waals surface area (Å²) in [5.41, 5.74) is 0.176. The average molecular weight is 281 g/mol. The zero-order chi connectivity index (χ0) is 15.7. The predicted octanol–water partition coefficient (Wildman–Crippen LogP) is 2.72. The van der Waals surface area contributed by atoms with Crippen molar-refractivity contribution >= 4 is 11.8 Å². The monoisotopic (exact) mass is 281 g/mol. The fraction of sp³-hybridized carbons (Fsp3) is 0.750. The van der Waals surface area contributed by atoms with Gasteiger partial charge in [0.1, 0.15) is 11.9 Å². The van der Waals surface area contributed by atoms with Gasteiger partial charge in [-0.05, 0) is 41.7 Å². The van der Waals surface area contributed by atoms with Gasteiger partial charge in [-0.1, -0.05) is 6.58 Å². The number of piperidine rings is 1. The molecule has 0 unspecified atom stereocenters. The van der Waals surface area contributed by atoms with E-state index in [1.54, 1.807) is 0 Å². The second-order valence-corrected chi connectivity index (χ2v) is 7.10. The molecule has 4 heteroatoms. The van der Waals surface area contributed by atoms with E-state index in [0.717, 1.165) is 12.8 Å². The Balaban J connectivity index is 2.72. The highest BCUT2D eigenvalue weighted by molar-refractivity contribution is 5.94. The summed E-state index contributed by atoms with van der Waals surface area (Å²) >= 11 is 0. The van der Waals surface area contributed by atoms with Crippen LogP contribution in [0.2, 0.25) is 0 Å². The molecule has 0 aliphatic carbocycles. The van der Waals surface area contributed by atoms with Crippen LogP contribution in [0.4, 0.5) is 0 Å². The molecule has 0 aromatic rings. The molecule has 1 heterocycles. The van der Waals surface area contributed by atoms with Crippen molar-refractivity contribution < 1.29 is 14.3 Å². The Labute approximate surface area is 122 Å². The van der Waals surface area contributed by atoms with Crippen LogP contribution in [0.25, 0.3) is 0 Å². The first kappa shape index (κ1) is 16.9. The molecule has 0 amide bonds. The molecule has 0 spiro atoms. The van der Waals surface area contributed by atoms with Gasteiger partial charge in [0, 0.05) is 35.9 Å². The van der Waals surface area contributed by atoms with Gasteiger partial charge in [-0.15, -0.1) is 0 Å². The molecule has 114 valence electrons. The van der Waals surface area contributed by atoms with Crippen LogP contribution in [0, 0.1) is 0 Å². The molecular weight excluding hydrogens is 254 g/mol. The van der Waals surface area contributed by atoms with Crippen molar-refractivity contribution in [2.75, 3.05) is 7.05 Å². The number of ketones is 1.